The minimum absolute atomic E-state index is 0.656. The van der Waals surface area contributed by atoms with Crippen LogP contribution >= 0.6 is 0 Å². The molecule has 1 aromatic rings. The molecule has 0 unspecified atom stereocenters. The van der Waals surface area contributed by atoms with Gasteiger partial charge in [0.25, 0.3) is 0 Å². The van der Waals surface area contributed by atoms with Gasteiger partial charge in [-0.25, -0.2) is 0 Å². The van der Waals surface area contributed by atoms with Crippen LogP contribution in [0.1, 0.15) is 17.1 Å². The number of aryl methyl sites for hydroxylation is 1. The average Bonchev–Trinajstić information content (AvgIpc) is 2.27. The maximum absolute atomic E-state index is 5.38. The summed E-state index contributed by atoms with van der Waals surface area (Å²) in [7, 11) is 0. The monoisotopic (exact) mass is 138 g/mol. The zero-order chi connectivity index (χ0) is 6.97. The van der Waals surface area contributed by atoms with Gasteiger partial charge in [-0.2, -0.15) is 0 Å². The van der Waals surface area contributed by atoms with E-state index in [0.29, 0.717) is 6.61 Å². The lowest BCUT2D eigenvalue weighted by Crippen LogP contribution is -2.06. The third kappa shape index (κ3) is 0.847. The minimum Gasteiger partial charge on any atom is -0.464 e. The second-order valence-corrected chi connectivity index (χ2v) is 2.61. The first-order valence-corrected chi connectivity index (χ1v) is 3.52. The fourth-order valence-corrected chi connectivity index (χ4v) is 1.30. The van der Waals surface area contributed by atoms with Crippen LogP contribution in [-0.4, -0.2) is 6.61 Å². The van der Waals surface area contributed by atoms with Gasteiger partial charge in [0.15, 0.2) is 0 Å². The molecule has 2 nitrogen and oxygen atoms in total. The highest BCUT2D eigenvalue weighted by Gasteiger charge is 2.12. The molecule has 0 aromatic carbocycles. The molecule has 0 atom stereocenters. The van der Waals surface area contributed by atoms with Crippen molar-refractivity contribution in [2.24, 2.45) is 0 Å². The Morgan fingerprint density at radius 3 is 3.20 bits per heavy atom. The van der Waals surface area contributed by atoms with Crippen LogP contribution in [0.15, 0.2) is 10.5 Å². The van der Waals surface area contributed by atoms with Crippen LogP contribution < -0.4 is 0 Å². The Labute approximate surface area is 59.8 Å². The maximum atomic E-state index is 5.38. The zero-order valence-corrected chi connectivity index (χ0v) is 6.02. The molecule has 0 amide bonds. The van der Waals surface area contributed by atoms with Crippen molar-refractivity contribution < 1.29 is 9.15 Å². The van der Waals surface area contributed by atoms with Gasteiger partial charge in [0.2, 0.25) is 0 Å². The van der Waals surface area contributed by atoms with Crippen molar-refractivity contribution in [3.8, 4) is 0 Å². The lowest BCUT2D eigenvalue weighted by atomic mass is 10.1. The van der Waals surface area contributed by atoms with Crippen LogP contribution in [0.25, 0.3) is 0 Å². The minimum atomic E-state index is 0.656. The molecule has 1 aliphatic heterocycles. The normalized spacial score (nSPS) is 16.9. The first kappa shape index (κ1) is 5.98. The van der Waals surface area contributed by atoms with E-state index >= 15 is 0 Å². The Balaban J connectivity index is 2.41. The molecule has 0 fully saturated rings. The standard InChI is InChI=1S/C8H10O2/c1-6-4-7-2-3-9-5-8(7)10-6/h4H,2-3,5H2,1H3. The van der Waals surface area contributed by atoms with Crippen molar-refractivity contribution in [1.82, 2.24) is 0 Å². The topological polar surface area (TPSA) is 22.4 Å². The molecular weight excluding hydrogens is 128 g/mol. The van der Waals surface area contributed by atoms with Gasteiger partial charge < -0.3 is 9.15 Å². The summed E-state index contributed by atoms with van der Waals surface area (Å²) >= 11 is 0. The highest BCUT2D eigenvalue weighted by molar-refractivity contribution is 5.22. The predicted molar refractivity (Wildman–Crippen MR) is 36.8 cm³/mol. The highest BCUT2D eigenvalue weighted by atomic mass is 16.5. The third-order valence-corrected chi connectivity index (χ3v) is 1.77. The Kier molecular flexibility index (Phi) is 1.27. The van der Waals surface area contributed by atoms with E-state index in [4.69, 9.17) is 9.15 Å². The van der Waals surface area contributed by atoms with Crippen molar-refractivity contribution in [1.29, 1.82) is 0 Å². The summed E-state index contributed by atoms with van der Waals surface area (Å²) in [4.78, 5) is 0. The molecule has 1 aromatic heterocycles. The van der Waals surface area contributed by atoms with E-state index in [-0.39, 0.29) is 0 Å². The van der Waals surface area contributed by atoms with E-state index in [9.17, 15) is 0 Å². The summed E-state index contributed by atoms with van der Waals surface area (Å²) < 4.78 is 10.6. The molecule has 2 rings (SSSR count). The summed E-state index contributed by atoms with van der Waals surface area (Å²) in [6.45, 7) is 3.47. The lowest BCUT2D eigenvalue weighted by molar-refractivity contribution is 0.0934. The highest BCUT2D eigenvalue weighted by Crippen LogP contribution is 2.19. The van der Waals surface area contributed by atoms with Crippen LogP contribution in [0.2, 0.25) is 0 Å². The first-order valence-electron chi connectivity index (χ1n) is 3.52. The van der Waals surface area contributed by atoms with Gasteiger partial charge in [-0.15, -0.1) is 0 Å². The van der Waals surface area contributed by atoms with Crippen molar-refractivity contribution in [3.05, 3.63) is 23.2 Å². The molecular formula is C8H10O2. The summed E-state index contributed by atoms with van der Waals surface area (Å²) in [5.41, 5.74) is 1.32. The lowest BCUT2D eigenvalue weighted by Gasteiger charge is -2.08. The van der Waals surface area contributed by atoms with Gasteiger partial charge in [-0.1, -0.05) is 0 Å². The number of fused-ring (bicyclic) bond motifs is 1. The molecule has 0 N–H and O–H groups in total. The van der Waals surface area contributed by atoms with Crippen molar-refractivity contribution >= 4 is 0 Å². The molecule has 0 spiro atoms. The quantitative estimate of drug-likeness (QED) is 0.544. The van der Waals surface area contributed by atoms with E-state index in [1.54, 1.807) is 0 Å². The Hall–Kier alpha value is -0.760. The number of hydrogen-bond acceptors (Lipinski definition) is 2. The molecule has 2 heterocycles. The molecule has 0 radical (unpaired) electrons. The molecule has 0 saturated carbocycles. The van der Waals surface area contributed by atoms with Crippen LogP contribution in [0.5, 0.6) is 0 Å². The van der Waals surface area contributed by atoms with Crippen molar-refractivity contribution in [2.45, 2.75) is 20.0 Å². The molecule has 0 saturated heterocycles. The molecule has 2 heteroatoms. The largest absolute Gasteiger partial charge is 0.464 e. The summed E-state index contributed by atoms with van der Waals surface area (Å²) in [6.07, 6.45) is 1.01. The Morgan fingerprint density at radius 1 is 1.50 bits per heavy atom. The average molecular weight is 138 g/mol. The second kappa shape index (κ2) is 2.13. The van der Waals surface area contributed by atoms with Gasteiger partial charge in [0.1, 0.15) is 18.1 Å². The third-order valence-electron chi connectivity index (χ3n) is 1.77. The van der Waals surface area contributed by atoms with Crippen LogP contribution in [0.4, 0.5) is 0 Å². The van der Waals surface area contributed by atoms with Gasteiger partial charge in [0, 0.05) is 0 Å². The molecule has 1 aliphatic rings. The van der Waals surface area contributed by atoms with Crippen LogP contribution in [-0.2, 0) is 17.8 Å². The van der Waals surface area contributed by atoms with Gasteiger partial charge in [-0.3, -0.25) is 0 Å². The predicted octanol–water partition coefficient (Wildman–Crippen LogP) is 1.66. The zero-order valence-electron chi connectivity index (χ0n) is 6.02. The van der Waals surface area contributed by atoms with Crippen molar-refractivity contribution in [2.75, 3.05) is 6.61 Å². The van der Waals surface area contributed by atoms with Gasteiger partial charge >= 0.3 is 0 Å². The van der Waals surface area contributed by atoms with E-state index in [2.05, 4.69) is 6.07 Å². The van der Waals surface area contributed by atoms with E-state index in [1.807, 2.05) is 6.92 Å². The number of ether oxygens (including phenoxy) is 1. The van der Waals surface area contributed by atoms with Gasteiger partial charge in [-0.05, 0) is 25.0 Å². The summed E-state index contributed by atoms with van der Waals surface area (Å²) in [6, 6.07) is 2.10. The molecule has 54 valence electrons. The number of rotatable bonds is 0. The molecule has 0 bridgehead atoms. The first-order chi connectivity index (χ1) is 4.86. The Morgan fingerprint density at radius 2 is 2.40 bits per heavy atom. The van der Waals surface area contributed by atoms with E-state index in [1.165, 1.54) is 5.56 Å². The van der Waals surface area contributed by atoms with E-state index < -0.39 is 0 Å². The van der Waals surface area contributed by atoms with Crippen LogP contribution in [0, 0.1) is 6.92 Å². The molecule has 0 aliphatic carbocycles. The second-order valence-electron chi connectivity index (χ2n) is 2.61. The van der Waals surface area contributed by atoms with Gasteiger partial charge in [0.05, 0.1) is 6.61 Å². The summed E-state index contributed by atoms with van der Waals surface area (Å²) in [5, 5.41) is 0. The SMILES string of the molecule is Cc1cc2c(o1)COCC2. The van der Waals surface area contributed by atoms with Crippen molar-refractivity contribution in [3.63, 3.8) is 0 Å². The number of furan rings is 1. The molecule has 10 heavy (non-hydrogen) atoms. The fraction of sp³-hybridized carbons (Fsp3) is 0.500. The van der Waals surface area contributed by atoms with Crippen LogP contribution in [0.3, 0.4) is 0 Å². The van der Waals surface area contributed by atoms with E-state index in [0.717, 1.165) is 24.5 Å². The fourth-order valence-electron chi connectivity index (χ4n) is 1.30. The summed E-state index contributed by atoms with van der Waals surface area (Å²) in [5.74, 6) is 2.01. The smallest absolute Gasteiger partial charge is 0.133 e. The number of hydrogen-bond donors (Lipinski definition) is 0. The maximum Gasteiger partial charge on any atom is 0.133 e. The Bertz CT molecular complexity index is 214.